The van der Waals surface area contributed by atoms with Crippen LogP contribution in [0.1, 0.15) is 28.2 Å². The van der Waals surface area contributed by atoms with Gasteiger partial charge in [-0.2, -0.15) is 13.2 Å². The molecule has 0 saturated carbocycles. The van der Waals surface area contributed by atoms with Crippen LogP contribution in [0.5, 0.6) is 0 Å². The van der Waals surface area contributed by atoms with E-state index in [1.807, 2.05) is 0 Å². The smallest absolute Gasteiger partial charge is 0.383 e. The maximum absolute atomic E-state index is 12.6. The molecule has 0 amide bonds. The van der Waals surface area contributed by atoms with Gasteiger partial charge in [-0.15, -0.1) is 0 Å². The van der Waals surface area contributed by atoms with Crippen LogP contribution in [0.25, 0.3) is 0 Å². The maximum Gasteiger partial charge on any atom is 0.416 e. The van der Waals surface area contributed by atoms with Gasteiger partial charge < -0.3 is 5.73 Å². The van der Waals surface area contributed by atoms with E-state index in [4.69, 9.17) is 5.73 Å². The number of nitrogens with zero attached hydrogens (tertiary/aromatic N) is 2. The molecule has 1 aromatic carbocycles. The lowest BCUT2D eigenvalue weighted by molar-refractivity contribution is -0.137. The fourth-order valence-electron chi connectivity index (χ4n) is 1.83. The molecular weight excluding hydrogens is 267 g/mol. The number of hydrogen-bond donors (Lipinski definition) is 1. The van der Waals surface area contributed by atoms with Gasteiger partial charge in [-0.25, -0.2) is 9.97 Å². The molecule has 1 aromatic heterocycles. The molecule has 0 aliphatic rings. The van der Waals surface area contributed by atoms with Crippen LogP contribution in [0, 0.1) is 13.8 Å². The summed E-state index contributed by atoms with van der Waals surface area (Å²) in [5.41, 5.74) is 7.10. The predicted octanol–water partition coefficient (Wildman–Crippen LogP) is 3.29. The lowest BCUT2D eigenvalue weighted by Gasteiger charge is -2.09. The number of nitrogen functional groups attached to an aromatic ring is 1. The van der Waals surface area contributed by atoms with Gasteiger partial charge in [0.15, 0.2) is 0 Å². The highest BCUT2D eigenvalue weighted by atomic mass is 19.4. The highest BCUT2D eigenvalue weighted by Gasteiger charge is 2.30. The summed E-state index contributed by atoms with van der Waals surface area (Å²) < 4.78 is 37.9. The van der Waals surface area contributed by atoms with E-state index in [-0.39, 0.29) is 6.42 Å². The monoisotopic (exact) mass is 281 g/mol. The number of alkyl halides is 3. The first-order valence-electron chi connectivity index (χ1n) is 6.03. The number of aryl methyl sites for hydroxylation is 1. The summed E-state index contributed by atoms with van der Waals surface area (Å²) in [6.07, 6.45) is -4.13. The molecule has 3 nitrogen and oxygen atoms in total. The van der Waals surface area contributed by atoms with Crippen molar-refractivity contribution >= 4 is 5.82 Å². The van der Waals surface area contributed by atoms with Crippen LogP contribution in [0.2, 0.25) is 0 Å². The van der Waals surface area contributed by atoms with Crippen molar-refractivity contribution in [1.29, 1.82) is 0 Å². The van der Waals surface area contributed by atoms with Gasteiger partial charge >= 0.3 is 6.18 Å². The van der Waals surface area contributed by atoms with E-state index in [1.54, 1.807) is 19.9 Å². The summed E-state index contributed by atoms with van der Waals surface area (Å²) in [7, 11) is 0. The van der Waals surface area contributed by atoms with Gasteiger partial charge in [-0.3, -0.25) is 0 Å². The molecule has 0 radical (unpaired) electrons. The third-order valence-electron chi connectivity index (χ3n) is 3.09. The van der Waals surface area contributed by atoms with Gasteiger partial charge in [0, 0.05) is 17.7 Å². The number of anilines is 1. The number of aromatic nitrogens is 2. The molecule has 2 rings (SSSR count). The molecular formula is C14H14F3N3. The Morgan fingerprint density at radius 3 is 2.45 bits per heavy atom. The van der Waals surface area contributed by atoms with Gasteiger partial charge in [0.2, 0.25) is 0 Å². The van der Waals surface area contributed by atoms with Crippen molar-refractivity contribution in [2.24, 2.45) is 0 Å². The molecule has 0 aliphatic carbocycles. The second kappa shape index (κ2) is 5.11. The minimum Gasteiger partial charge on any atom is -0.383 e. The zero-order valence-corrected chi connectivity index (χ0v) is 11.1. The van der Waals surface area contributed by atoms with Crippen LogP contribution in [0.15, 0.2) is 24.3 Å². The number of halogens is 3. The summed E-state index contributed by atoms with van der Waals surface area (Å²) in [6.45, 7) is 3.60. The normalized spacial score (nSPS) is 11.7. The van der Waals surface area contributed by atoms with E-state index in [1.165, 1.54) is 6.07 Å². The average Bonchev–Trinajstić information content (AvgIpc) is 2.35. The number of rotatable bonds is 2. The Morgan fingerprint density at radius 2 is 1.85 bits per heavy atom. The van der Waals surface area contributed by atoms with E-state index in [0.717, 1.165) is 23.4 Å². The fourth-order valence-corrected chi connectivity index (χ4v) is 1.83. The standard InChI is InChI=1S/C14H14F3N3/c1-8-9(2)19-12(20-13(8)18)7-10-4-3-5-11(6-10)14(15,16)17/h3-6H,7H2,1-2H3,(H2,18,19,20). The molecule has 2 aromatic rings. The minimum atomic E-state index is -4.35. The van der Waals surface area contributed by atoms with Crippen molar-refractivity contribution in [3.05, 3.63) is 52.5 Å². The molecule has 20 heavy (non-hydrogen) atoms. The minimum absolute atomic E-state index is 0.217. The molecule has 0 saturated heterocycles. The Balaban J connectivity index is 2.31. The topological polar surface area (TPSA) is 51.8 Å². The quantitative estimate of drug-likeness (QED) is 0.919. The van der Waals surface area contributed by atoms with Crippen LogP contribution < -0.4 is 5.73 Å². The fraction of sp³-hybridized carbons (Fsp3) is 0.286. The first-order valence-corrected chi connectivity index (χ1v) is 6.03. The lowest BCUT2D eigenvalue weighted by atomic mass is 10.1. The molecule has 0 fully saturated rings. The van der Waals surface area contributed by atoms with Crippen molar-refractivity contribution in [2.45, 2.75) is 26.4 Å². The maximum atomic E-state index is 12.6. The number of benzene rings is 1. The van der Waals surface area contributed by atoms with Gasteiger partial charge in [-0.1, -0.05) is 18.2 Å². The third kappa shape index (κ3) is 3.07. The first kappa shape index (κ1) is 14.3. The molecule has 1 heterocycles. The molecule has 0 bridgehead atoms. The molecule has 106 valence electrons. The van der Waals surface area contributed by atoms with Crippen molar-refractivity contribution < 1.29 is 13.2 Å². The van der Waals surface area contributed by atoms with Crippen LogP contribution in [0.4, 0.5) is 19.0 Å². The highest BCUT2D eigenvalue weighted by molar-refractivity contribution is 5.41. The average molecular weight is 281 g/mol. The summed E-state index contributed by atoms with van der Waals surface area (Å²) in [4.78, 5) is 8.35. The molecule has 0 atom stereocenters. The SMILES string of the molecule is Cc1nc(Cc2cccc(C(F)(F)F)c2)nc(N)c1C. The van der Waals surface area contributed by atoms with Crippen molar-refractivity contribution in [2.75, 3.05) is 5.73 Å². The summed E-state index contributed by atoms with van der Waals surface area (Å²) in [6, 6.07) is 5.14. The molecule has 0 unspecified atom stereocenters. The van der Waals surface area contributed by atoms with Crippen molar-refractivity contribution in [3.8, 4) is 0 Å². The Kier molecular flexibility index (Phi) is 3.65. The van der Waals surface area contributed by atoms with E-state index in [9.17, 15) is 13.2 Å². The summed E-state index contributed by atoms with van der Waals surface area (Å²) in [5.74, 6) is 0.782. The lowest BCUT2D eigenvalue weighted by Crippen LogP contribution is -2.07. The Labute approximate surface area is 114 Å². The van der Waals surface area contributed by atoms with Crippen LogP contribution in [-0.4, -0.2) is 9.97 Å². The van der Waals surface area contributed by atoms with Gasteiger partial charge in [0.05, 0.1) is 5.56 Å². The molecule has 6 heteroatoms. The molecule has 2 N–H and O–H groups in total. The Morgan fingerprint density at radius 1 is 1.15 bits per heavy atom. The summed E-state index contributed by atoms with van der Waals surface area (Å²) >= 11 is 0. The van der Waals surface area contributed by atoms with Crippen molar-refractivity contribution in [3.63, 3.8) is 0 Å². The summed E-state index contributed by atoms with van der Waals surface area (Å²) in [5, 5.41) is 0. The largest absolute Gasteiger partial charge is 0.416 e. The molecule has 0 aliphatic heterocycles. The Bertz CT molecular complexity index is 613. The number of hydrogen-bond acceptors (Lipinski definition) is 3. The predicted molar refractivity (Wildman–Crippen MR) is 70.2 cm³/mol. The van der Waals surface area contributed by atoms with Gasteiger partial charge in [-0.05, 0) is 25.5 Å². The van der Waals surface area contributed by atoms with Crippen molar-refractivity contribution in [1.82, 2.24) is 9.97 Å². The van der Waals surface area contributed by atoms with Crippen LogP contribution in [-0.2, 0) is 12.6 Å². The first-order chi connectivity index (χ1) is 9.27. The Hall–Kier alpha value is -2.11. The highest BCUT2D eigenvalue weighted by Crippen LogP contribution is 2.29. The third-order valence-corrected chi connectivity index (χ3v) is 3.09. The van der Waals surface area contributed by atoms with Gasteiger partial charge in [0.1, 0.15) is 11.6 Å². The van der Waals surface area contributed by atoms with E-state index in [0.29, 0.717) is 17.2 Å². The van der Waals surface area contributed by atoms with Gasteiger partial charge in [0.25, 0.3) is 0 Å². The van der Waals surface area contributed by atoms with E-state index < -0.39 is 11.7 Å². The van der Waals surface area contributed by atoms with Crippen LogP contribution >= 0.6 is 0 Å². The number of nitrogens with two attached hydrogens (primary N) is 1. The second-order valence-electron chi connectivity index (χ2n) is 4.61. The van der Waals surface area contributed by atoms with Crippen LogP contribution in [0.3, 0.4) is 0 Å². The molecule has 0 spiro atoms. The van der Waals surface area contributed by atoms with E-state index in [2.05, 4.69) is 9.97 Å². The van der Waals surface area contributed by atoms with E-state index >= 15 is 0 Å². The second-order valence-corrected chi connectivity index (χ2v) is 4.61. The zero-order chi connectivity index (χ0) is 14.9. The zero-order valence-electron chi connectivity index (χ0n) is 11.1.